The number of aliphatic hydroxyl groups is 1. The Morgan fingerprint density at radius 1 is 1.73 bits per heavy atom. The van der Waals surface area contributed by atoms with Gasteiger partial charge >= 0.3 is 0 Å². The molecular weight excluding hydrogens is 142 g/mol. The van der Waals surface area contributed by atoms with E-state index < -0.39 is 0 Å². The molecule has 1 aliphatic heterocycles. The van der Waals surface area contributed by atoms with Gasteiger partial charge in [-0.25, -0.2) is 0 Å². The summed E-state index contributed by atoms with van der Waals surface area (Å²) >= 11 is 0. The van der Waals surface area contributed by atoms with Crippen molar-refractivity contribution in [1.29, 1.82) is 0 Å². The van der Waals surface area contributed by atoms with Crippen molar-refractivity contribution in [3.8, 4) is 0 Å². The van der Waals surface area contributed by atoms with Gasteiger partial charge in [0.15, 0.2) is 0 Å². The molecule has 1 N–H and O–H groups in total. The first kappa shape index (κ1) is 8.53. The Hall–Kier alpha value is -0.570. The lowest BCUT2D eigenvalue weighted by molar-refractivity contribution is -0.133. The summed E-state index contributed by atoms with van der Waals surface area (Å²) in [5.41, 5.74) is 0. The van der Waals surface area contributed by atoms with E-state index in [2.05, 4.69) is 13.8 Å². The smallest absolute Gasteiger partial charge is 0.224 e. The van der Waals surface area contributed by atoms with Crippen LogP contribution in [0.4, 0.5) is 0 Å². The number of carbonyl (C=O) groups excluding carboxylic acids is 1. The maximum absolute atomic E-state index is 11.1. The first-order chi connectivity index (χ1) is 5.16. The number of hydrogen-bond donors (Lipinski definition) is 1. The predicted molar refractivity (Wildman–Crippen MR) is 41.8 cm³/mol. The maximum Gasteiger partial charge on any atom is 0.224 e. The molecule has 0 saturated carbocycles. The number of hydrogen-bond acceptors (Lipinski definition) is 2. The zero-order chi connectivity index (χ0) is 8.43. The minimum atomic E-state index is -0.123. The largest absolute Gasteiger partial charge is 0.376 e. The molecule has 0 aromatic rings. The van der Waals surface area contributed by atoms with E-state index in [-0.39, 0.29) is 18.7 Å². The van der Waals surface area contributed by atoms with E-state index in [1.807, 2.05) is 0 Å². The van der Waals surface area contributed by atoms with E-state index in [4.69, 9.17) is 5.11 Å². The van der Waals surface area contributed by atoms with E-state index in [0.717, 1.165) is 6.42 Å². The highest BCUT2D eigenvalue weighted by molar-refractivity contribution is 5.78. The van der Waals surface area contributed by atoms with Gasteiger partial charge in [-0.3, -0.25) is 4.79 Å². The number of aliphatic hydroxyl groups excluding tert-OH is 1. The highest BCUT2D eigenvalue weighted by atomic mass is 16.3. The number of likely N-dealkylation sites (tertiary alicyclic amines) is 1. The molecule has 0 spiro atoms. The highest BCUT2D eigenvalue weighted by Crippen LogP contribution is 2.23. The molecule has 64 valence electrons. The molecular formula is C8H15NO2. The maximum atomic E-state index is 11.1. The summed E-state index contributed by atoms with van der Waals surface area (Å²) in [4.78, 5) is 12.6. The second-order valence-electron chi connectivity index (χ2n) is 3.35. The molecule has 0 aromatic heterocycles. The lowest BCUT2D eigenvalue weighted by Crippen LogP contribution is -2.36. The Labute approximate surface area is 67.0 Å². The summed E-state index contributed by atoms with van der Waals surface area (Å²) in [6.45, 7) is 4.03. The van der Waals surface area contributed by atoms with Crippen LogP contribution in [-0.4, -0.2) is 28.7 Å². The van der Waals surface area contributed by atoms with E-state index in [1.165, 1.54) is 0 Å². The molecule has 3 nitrogen and oxygen atoms in total. The third kappa shape index (κ3) is 1.53. The highest BCUT2D eigenvalue weighted by Gasteiger charge is 2.31. The fourth-order valence-corrected chi connectivity index (χ4v) is 1.63. The van der Waals surface area contributed by atoms with Crippen LogP contribution in [0.2, 0.25) is 0 Å². The van der Waals surface area contributed by atoms with E-state index in [1.54, 1.807) is 4.90 Å². The third-order valence-electron chi connectivity index (χ3n) is 2.30. The average Bonchev–Trinajstić information content (AvgIpc) is 2.30. The van der Waals surface area contributed by atoms with E-state index in [9.17, 15) is 4.79 Å². The average molecular weight is 157 g/mol. The van der Waals surface area contributed by atoms with Crippen LogP contribution in [0.5, 0.6) is 0 Å². The summed E-state index contributed by atoms with van der Waals surface area (Å²) in [5, 5.41) is 8.86. The number of carbonyl (C=O) groups is 1. The molecule has 1 fully saturated rings. The van der Waals surface area contributed by atoms with Crippen molar-refractivity contribution in [1.82, 2.24) is 4.90 Å². The molecule has 1 aliphatic rings. The second kappa shape index (κ2) is 3.22. The monoisotopic (exact) mass is 157 g/mol. The van der Waals surface area contributed by atoms with Gasteiger partial charge in [0.2, 0.25) is 5.91 Å². The number of nitrogens with zero attached hydrogens (tertiary/aromatic N) is 1. The van der Waals surface area contributed by atoms with Gasteiger partial charge in [0, 0.05) is 12.5 Å². The Morgan fingerprint density at radius 2 is 2.36 bits per heavy atom. The summed E-state index contributed by atoms with van der Waals surface area (Å²) < 4.78 is 0. The lowest BCUT2D eigenvalue weighted by atomic mass is 10.0. The molecule has 1 heterocycles. The van der Waals surface area contributed by atoms with Gasteiger partial charge < -0.3 is 10.0 Å². The third-order valence-corrected chi connectivity index (χ3v) is 2.30. The Bertz CT molecular complexity index is 156. The van der Waals surface area contributed by atoms with Gasteiger partial charge in [-0.2, -0.15) is 0 Å². The molecule has 1 saturated heterocycles. The van der Waals surface area contributed by atoms with Crippen LogP contribution in [0.15, 0.2) is 0 Å². The molecule has 1 amide bonds. The van der Waals surface area contributed by atoms with Crippen molar-refractivity contribution in [3.05, 3.63) is 0 Å². The molecule has 0 aliphatic carbocycles. The first-order valence-electron chi connectivity index (χ1n) is 4.07. The van der Waals surface area contributed by atoms with Crippen molar-refractivity contribution in [3.63, 3.8) is 0 Å². The van der Waals surface area contributed by atoms with Crippen molar-refractivity contribution < 1.29 is 9.90 Å². The standard InChI is InChI=1S/C8H15NO2/c1-6(2)7-3-4-8(11)9(7)5-10/h6-7,10H,3-5H2,1-2H3. The Balaban J connectivity index is 2.61. The number of amides is 1. The van der Waals surface area contributed by atoms with Crippen molar-refractivity contribution in [2.75, 3.05) is 6.73 Å². The zero-order valence-corrected chi connectivity index (χ0v) is 7.08. The quantitative estimate of drug-likeness (QED) is 0.637. The summed E-state index contributed by atoms with van der Waals surface area (Å²) in [7, 11) is 0. The topological polar surface area (TPSA) is 40.5 Å². The normalized spacial score (nSPS) is 25.3. The minimum Gasteiger partial charge on any atom is -0.376 e. The Kier molecular flexibility index (Phi) is 2.49. The van der Waals surface area contributed by atoms with Crippen LogP contribution < -0.4 is 0 Å². The van der Waals surface area contributed by atoms with Gasteiger partial charge in [-0.05, 0) is 12.3 Å². The summed E-state index contributed by atoms with van der Waals surface area (Å²) in [5.74, 6) is 0.541. The fraction of sp³-hybridized carbons (Fsp3) is 0.875. The molecule has 11 heavy (non-hydrogen) atoms. The van der Waals surface area contributed by atoms with Gasteiger partial charge in [-0.15, -0.1) is 0 Å². The van der Waals surface area contributed by atoms with Gasteiger partial charge in [0.25, 0.3) is 0 Å². The lowest BCUT2D eigenvalue weighted by Gasteiger charge is -2.25. The van der Waals surface area contributed by atoms with Gasteiger partial charge in [0.05, 0.1) is 0 Å². The van der Waals surface area contributed by atoms with Crippen LogP contribution in [0.3, 0.4) is 0 Å². The minimum absolute atomic E-state index is 0.0891. The van der Waals surface area contributed by atoms with Crippen LogP contribution in [0.25, 0.3) is 0 Å². The van der Waals surface area contributed by atoms with Crippen LogP contribution in [0.1, 0.15) is 26.7 Å². The molecule has 1 atom stereocenters. The van der Waals surface area contributed by atoms with Crippen LogP contribution in [0, 0.1) is 5.92 Å². The van der Waals surface area contributed by atoms with Crippen molar-refractivity contribution in [2.45, 2.75) is 32.7 Å². The predicted octanol–water partition coefficient (Wildman–Crippen LogP) is 0.583. The first-order valence-corrected chi connectivity index (χ1v) is 4.07. The van der Waals surface area contributed by atoms with Gasteiger partial charge in [0.1, 0.15) is 6.73 Å². The van der Waals surface area contributed by atoms with Crippen LogP contribution in [-0.2, 0) is 4.79 Å². The van der Waals surface area contributed by atoms with Gasteiger partial charge in [-0.1, -0.05) is 13.8 Å². The van der Waals surface area contributed by atoms with Crippen molar-refractivity contribution in [2.24, 2.45) is 5.92 Å². The number of rotatable bonds is 2. The SMILES string of the molecule is CC(C)C1CCC(=O)N1CO. The molecule has 0 radical (unpaired) electrons. The molecule has 1 rings (SSSR count). The summed E-state index contributed by atoms with van der Waals surface area (Å²) in [6.07, 6.45) is 1.50. The summed E-state index contributed by atoms with van der Waals surface area (Å²) in [6, 6.07) is 0.257. The molecule has 1 unspecified atom stereocenters. The zero-order valence-electron chi connectivity index (χ0n) is 7.08. The van der Waals surface area contributed by atoms with E-state index in [0.29, 0.717) is 12.3 Å². The second-order valence-corrected chi connectivity index (χ2v) is 3.35. The Morgan fingerprint density at radius 3 is 2.73 bits per heavy atom. The molecule has 3 heteroatoms. The molecule has 0 aromatic carbocycles. The van der Waals surface area contributed by atoms with Crippen LogP contribution >= 0.6 is 0 Å². The van der Waals surface area contributed by atoms with Crippen molar-refractivity contribution >= 4 is 5.91 Å². The molecule has 0 bridgehead atoms. The fourth-order valence-electron chi connectivity index (χ4n) is 1.63. The van der Waals surface area contributed by atoms with E-state index >= 15 is 0 Å².